The van der Waals surface area contributed by atoms with Gasteiger partial charge in [0.05, 0.1) is 0 Å². The molecule has 0 fully saturated rings. The van der Waals surface area contributed by atoms with Crippen molar-refractivity contribution < 1.29 is 14.3 Å². The first-order valence-electron chi connectivity index (χ1n) is 9.44. The lowest BCUT2D eigenvalue weighted by atomic mass is 9.86. The van der Waals surface area contributed by atoms with Crippen LogP contribution in [0.4, 0.5) is 17.2 Å². The molecule has 0 spiro atoms. The Morgan fingerprint density at radius 3 is 2.62 bits per heavy atom. The number of nitrogens with zero attached hydrogens (tertiary/aromatic N) is 1. The maximum absolute atomic E-state index is 12.8. The van der Waals surface area contributed by atoms with E-state index in [9.17, 15) is 4.79 Å². The van der Waals surface area contributed by atoms with Gasteiger partial charge in [-0.3, -0.25) is 4.79 Å². The van der Waals surface area contributed by atoms with Crippen molar-refractivity contribution in [2.75, 3.05) is 17.4 Å². The largest absolute Gasteiger partial charge is 0.454 e. The lowest BCUT2D eigenvalue weighted by molar-refractivity contribution is 0.102. The molecule has 0 saturated carbocycles. The van der Waals surface area contributed by atoms with Crippen LogP contribution in [0.25, 0.3) is 0 Å². The number of ether oxygens (including phenoxy) is 2. The van der Waals surface area contributed by atoms with E-state index >= 15 is 0 Å². The molecule has 6 heteroatoms. The summed E-state index contributed by atoms with van der Waals surface area (Å²) in [5.41, 5.74) is 3.14. The summed E-state index contributed by atoms with van der Waals surface area (Å²) in [5.74, 6) is 1.79. The Labute approximate surface area is 169 Å². The van der Waals surface area contributed by atoms with Crippen LogP contribution in [-0.4, -0.2) is 17.7 Å². The second-order valence-corrected chi connectivity index (χ2v) is 7.87. The number of nitrogens with one attached hydrogen (secondary N) is 2. The van der Waals surface area contributed by atoms with Crippen molar-refractivity contribution in [1.29, 1.82) is 0 Å². The van der Waals surface area contributed by atoms with E-state index in [1.165, 1.54) is 0 Å². The van der Waals surface area contributed by atoms with Crippen molar-refractivity contribution in [1.82, 2.24) is 4.98 Å². The zero-order chi connectivity index (χ0) is 20.4. The van der Waals surface area contributed by atoms with Gasteiger partial charge in [-0.15, -0.1) is 0 Å². The van der Waals surface area contributed by atoms with E-state index in [4.69, 9.17) is 9.47 Å². The van der Waals surface area contributed by atoms with Gasteiger partial charge in [0.2, 0.25) is 6.79 Å². The molecule has 29 heavy (non-hydrogen) atoms. The summed E-state index contributed by atoms with van der Waals surface area (Å²) in [7, 11) is 0. The fourth-order valence-corrected chi connectivity index (χ4v) is 3.20. The van der Waals surface area contributed by atoms with Gasteiger partial charge in [-0.1, -0.05) is 39.0 Å². The predicted octanol–water partition coefficient (Wildman–Crippen LogP) is 5.10. The third-order valence-corrected chi connectivity index (χ3v) is 4.65. The zero-order valence-corrected chi connectivity index (χ0v) is 16.7. The molecule has 3 aromatic rings. The van der Waals surface area contributed by atoms with Crippen LogP contribution in [0.3, 0.4) is 0 Å². The number of rotatable bonds is 4. The molecule has 0 saturated heterocycles. The Hall–Kier alpha value is -3.54. The Morgan fingerprint density at radius 1 is 1.00 bits per heavy atom. The fourth-order valence-electron chi connectivity index (χ4n) is 3.20. The summed E-state index contributed by atoms with van der Waals surface area (Å²) in [6.07, 6.45) is 1.61. The van der Waals surface area contributed by atoms with Gasteiger partial charge < -0.3 is 20.1 Å². The highest BCUT2D eigenvalue weighted by molar-refractivity contribution is 6.05. The van der Waals surface area contributed by atoms with Crippen LogP contribution < -0.4 is 20.1 Å². The average molecular weight is 389 g/mol. The van der Waals surface area contributed by atoms with E-state index in [1.54, 1.807) is 18.3 Å². The predicted molar refractivity (Wildman–Crippen MR) is 113 cm³/mol. The monoisotopic (exact) mass is 389 g/mol. The lowest BCUT2D eigenvalue weighted by Gasteiger charge is -2.23. The summed E-state index contributed by atoms with van der Waals surface area (Å²) in [4.78, 5) is 17.2. The van der Waals surface area contributed by atoms with Gasteiger partial charge in [0.25, 0.3) is 5.91 Å². The van der Waals surface area contributed by atoms with E-state index in [1.807, 2.05) is 42.5 Å². The molecular formula is C23H23N3O3. The first-order chi connectivity index (χ1) is 13.9. The Bertz CT molecular complexity index is 1060. The maximum Gasteiger partial charge on any atom is 0.255 e. The molecule has 0 radical (unpaired) electrons. The topological polar surface area (TPSA) is 72.5 Å². The molecule has 2 N–H and O–H groups in total. The summed E-state index contributed by atoms with van der Waals surface area (Å²) in [6, 6.07) is 16.8. The number of benzene rings is 2. The number of hydrogen-bond donors (Lipinski definition) is 2. The number of anilines is 3. The first kappa shape index (κ1) is 18.8. The van der Waals surface area contributed by atoms with Gasteiger partial charge in [-0.25, -0.2) is 4.98 Å². The van der Waals surface area contributed by atoms with Gasteiger partial charge >= 0.3 is 0 Å². The van der Waals surface area contributed by atoms with Gasteiger partial charge in [0.15, 0.2) is 11.5 Å². The molecule has 148 valence electrons. The second kappa shape index (κ2) is 7.47. The van der Waals surface area contributed by atoms with E-state index in [-0.39, 0.29) is 18.1 Å². The first-order valence-corrected chi connectivity index (χ1v) is 9.44. The molecule has 4 rings (SSSR count). The number of hydrogen-bond acceptors (Lipinski definition) is 5. The van der Waals surface area contributed by atoms with Gasteiger partial charge in [0.1, 0.15) is 5.82 Å². The quantitative estimate of drug-likeness (QED) is 0.649. The lowest BCUT2D eigenvalue weighted by Crippen LogP contribution is -2.18. The van der Waals surface area contributed by atoms with Crippen molar-refractivity contribution in [3.63, 3.8) is 0 Å². The molecule has 1 aromatic heterocycles. The molecule has 1 aliphatic rings. The number of fused-ring (bicyclic) bond motifs is 1. The number of amides is 1. The van der Waals surface area contributed by atoms with Crippen LogP contribution in [0.1, 0.15) is 36.7 Å². The Balaban J connectivity index is 1.52. The van der Waals surface area contributed by atoms with Crippen molar-refractivity contribution in [3.8, 4) is 11.5 Å². The highest BCUT2D eigenvalue weighted by Crippen LogP contribution is 2.35. The highest BCUT2D eigenvalue weighted by atomic mass is 16.7. The molecule has 0 atom stereocenters. The summed E-state index contributed by atoms with van der Waals surface area (Å²) >= 11 is 0. The molecule has 2 heterocycles. The van der Waals surface area contributed by atoms with Crippen LogP contribution in [0.15, 0.2) is 60.8 Å². The normalized spacial score (nSPS) is 12.5. The Morgan fingerprint density at radius 2 is 1.79 bits per heavy atom. The molecule has 2 aromatic carbocycles. The summed E-state index contributed by atoms with van der Waals surface area (Å²) in [6.45, 7) is 6.59. The van der Waals surface area contributed by atoms with E-state index in [2.05, 4.69) is 36.4 Å². The standard InChI is InChI=1S/C23H23N3O3/c1-23(2,3)17-6-4-5-7-18(17)26-22(27)15-10-11-24-21(12-15)25-16-8-9-19-20(13-16)29-14-28-19/h4-13H,14H2,1-3H3,(H,24,25)(H,26,27). The van der Waals surface area contributed by atoms with Crippen LogP contribution >= 0.6 is 0 Å². The number of carbonyl (C=O) groups is 1. The van der Waals surface area contributed by atoms with Crippen molar-refractivity contribution in [2.24, 2.45) is 0 Å². The fraction of sp³-hybridized carbons (Fsp3) is 0.217. The summed E-state index contributed by atoms with van der Waals surface area (Å²) in [5, 5.41) is 6.23. The van der Waals surface area contributed by atoms with Gasteiger partial charge in [0, 0.05) is 29.2 Å². The van der Waals surface area contributed by atoms with Crippen LogP contribution in [0, 0.1) is 0 Å². The molecule has 0 unspecified atom stereocenters. The van der Waals surface area contributed by atoms with Crippen molar-refractivity contribution >= 4 is 23.1 Å². The van der Waals surface area contributed by atoms with Gasteiger partial charge in [-0.2, -0.15) is 0 Å². The molecule has 1 amide bonds. The second-order valence-electron chi connectivity index (χ2n) is 7.87. The molecular weight excluding hydrogens is 366 g/mol. The minimum atomic E-state index is -0.183. The molecule has 0 bridgehead atoms. The van der Waals surface area contributed by atoms with E-state index in [0.29, 0.717) is 22.9 Å². The highest BCUT2D eigenvalue weighted by Gasteiger charge is 2.19. The average Bonchev–Trinajstić information content (AvgIpc) is 3.15. The van der Waals surface area contributed by atoms with Crippen molar-refractivity contribution in [3.05, 3.63) is 71.9 Å². The SMILES string of the molecule is CC(C)(C)c1ccccc1NC(=O)c1ccnc(Nc2ccc3c(c2)OCO3)c1. The van der Waals surface area contributed by atoms with Crippen LogP contribution in [0.2, 0.25) is 0 Å². The third kappa shape index (κ3) is 4.16. The van der Waals surface area contributed by atoms with Crippen molar-refractivity contribution in [2.45, 2.75) is 26.2 Å². The number of pyridine rings is 1. The summed E-state index contributed by atoms with van der Waals surface area (Å²) < 4.78 is 10.7. The number of para-hydroxylation sites is 1. The third-order valence-electron chi connectivity index (χ3n) is 4.65. The molecule has 6 nitrogen and oxygen atoms in total. The maximum atomic E-state index is 12.8. The smallest absolute Gasteiger partial charge is 0.255 e. The number of aromatic nitrogens is 1. The van der Waals surface area contributed by atoms with Crippen LogP contribution in [0.5, 0.6) is 11.5 Å². The van der Waals surface area contributed by atoms with E-state index < -0.39 is 0 Å². The molecule has 1 aliphatic heterocycles. The van der Waals surface area contributed by atoms with Crippen LogP contribution in [-0.2, 0) is 5.41 Å². The van der Waals surface area contributed by atoms with Gasteiger partial charge in [-0.05, 0) is 41.3 Å². The van der Waals surface area contributed by atoms with E-state index in [0.717, 1.165) is 16.9 Å². The zero-order valence-electron chi connectivity index (χ0n) is 16.7. The minimum Gasteiger partial charge on any atom is -0.454 e. The minimum absolute atomic E-state index is 0.0752. The molecule has 0 aliphatic carbocycles. The number of carbonyl (C=O) groups excluding carboxylic acids is 1. The Kier molecular flexibility index (Phi) is 4.84.